The average molecular weight is 402 g/mol. The number of pyridine rings is 1. The van der Waals surface area contributed by atoms with Crippen LogP contribution < -0.4 is 5.73 Å². The number of hydrogen-bond donors (Lipinski definition) is 1. The van der Waals surface area contributed by atoms with Crippen molar-refractivity contribution in [2.75, 3.05) is 0 Å². The summed E-state index contributed by atoms with van der Waals surface area (Å²) in [7, 11) is 0. The first kappa shape index (κ1) is 19.4. The lowest BCUT2D eigenvalue weighted by Crippen LogP contribution is -2.15. The van der Waals surface area contributed by atoms with E-state index in [4.69, 9.17) is 15.0 Å². The highest BCUT2D eigenvalue weighted by Gasteiger charge is 2.15. The number of nitrogens with two attached hydrogens (primary N) is 1. The average Bonchev–Trinajstić information content (AvgIpc) is 3.39. The Bertz CT molecular complexity index is 1160. The molecule has 0 saturated heterocycles. The van der Waals surface area contributed by atoms with Gasteiger partial charge in [0, 0.05) is 23.0 Å². The summed E-state index contributed by atoms with van der Waals surface area (Å²) in [6.07, 6.45) is 2.80. The number of oxime groups is 1. The van der Waals surface area contributed by atoms with E-state index >= 15 is 0 Å². The van der Waals surface area contributed by atoms with Gasteiger partial charge in [-0.05, 0) is 39.0 Å². The first-order valence-electron chi connectivity index (χ1n) is 9.52. The Hall–Kier alpha value is -3.94. The highest BCUT2D eigenvalue weighted by Crippen LogP contribution is 2.24. The van der Waals surface area contributed by atoms with Crippen LogP contribution in [0.5, 0.6) is 0 Å². The molecule has 1 atom stereocenters. The van der Waals surface area contributed by atoms with Crippen molar-refractivity contribution in [3.05, 3.63) is 83.8 Å². The number of aromatic nitrogens is 4. The fourth-order valence-electron chi connectivity index (χ4n) is 2.97. The molecule has 4 aromatic rings. The Morgan fingerprint density at radius 3 is 2.57 bits per heavy atom. The monoisotopic (exact) mass is 402 g/mol. The van der Waals surface area contributed by atoms with Crippen molar-refractivity contribution in [3.8, 4) is 17.1 Å². The van der Waals surface area contributed by atoms with Gasteiger partial charge in [-0.2, -0.15) is 5.10 Å². The van der Waals surface area contributed by atoms with E-state index in [9.17, 15) is 0 Å². The standard InChI is InChI=1S/C22H22N6O2/c1-14-11-15(2)28(26-14)20-10-9-18(12-24-20)21(23)27-30-16(3)22-25-13-19(29-22)17-7-5-4-6-8-17/h4-13,16H,1-3H3,(H2,23,27)/t16-/m0/s1. The van der Waals surface area contributed by atoms with E-state index in [1.807, 2.05) is 62.4 Å². The molecule has 4 rings (SSSR count). The van der Waals surface area contributed by atoms with Crippen LogP contribution in [0.2, 0.25) is 0 Å². The Kier molecular flexibility index (Phi) is 5.30. The van der Waals surface area contributed by atoms with Crippen molar-refractivity contribution in [2.45, 2.75) is 26.9 Å². The van der Waals surface area contributed by atoms with Crippen LogP contribution in [-0.2, 0) is 4.84 Å². The predicted octanol–water partition coefficient (Wildman–Crippen LogP) is 3.94. The Morgan fingerprint density at radius 1 is 1.10 bits per heavy atom. The third-order valence-electron chi connectivity index (χ3n) is 4.51. The van der Waals surface area contributed by atoms with Crippen molar-refractivity contribution in [2.24, 2.45) is 10.9 Å². The van der Waals surface area contributed by atoms with Gasteiger partial charge in [0.1, 0.15) is 0 Å². The summed E-state index contributed by atoms with van der Waals surface area (Å²) in [5.74, 6) is 2.01. The first-order valence-corrected chi connectivity index (χ1v) is 9.52. The molecule has 8 nitrogen and oxygen atoms in total. The van der Waals surface area contributed by atoms with Gasteiger partial charge in [0.25, 0.3) is 0 Å². The molecule has 3 aromatic heterocycles. The highest BCUT2D eigenvalue weighted by atomic mass is 16.6. The number of aryl methyl sites for hydroxylation is 2. The van der Waals surface area contributed by atoms with Crippen LogP contribution in [0.25, 0.3) is 17.1 Å². The van der Waals surface area contributed by atoms with Gasteiger partial charge in [0.15, 0.2) is 23.5 Å². The molecule has 8 heteroatoms. The lowest BCUT2D eigenvalue weighted by atomic mass is 10.2. The van der Waals surface area contributed by atoms with Gasteiger partial charge in [-0.25, -0.2) is 14.6 Å². The van der Waals surface area contributed by atoms with E-state index in [2.05, 4.69) is 20.2 Å². The first-order chi connectivity index (χ1) is 14.5. The molecule has 0 fully saturated rings. The minimum absolute atomic E-state index is 0.212. The second kappa shape index (κ2) is 8.20. The number of oxazole rings is 1. The van der Waals surface area contributed by atoms with Crippen LogP contribution in [0.4, 0.5) is 0 Å². The maximum absolute atomic E-state index is 6.05. The van der Waals surface area contributed by atoms with Gasteiger partial charge in [-0.1, -0.05) is 35.5 Å². The van der Waals surface area contributed by atoms with Crippen LogP contribution in [0.1, 0.15) is 35.9 Å². The van der Waals surface area contributed by atoms with Gasteiger partial charge < -0.3 is 15.0 Å². The molecule has 30 heavy (non-hydrogen) atoms. The highest BCUT2D eigenvalue weighted by molar-refractivity contribution is 5.96. The van der Waals surface area contributed by atoms with Crippen molar-refractivity contribution >= 4 is 5.84 Å². The summed E-state index contributed by atoms with van der Waals surface area (Å²) >= 11 is 0. The van der Waals surface area contributed by atoms with Gasteiger partial charge in [0.05, 0.1) is 11.9 Å². The van der Waals surface area contributed by atoms with Crippen LogP contribution in [0, 0.1) is 13.8 Å². The number of benzene rings is 1. The summed E-state index contributed by atoms with van der Waals surface area (Å²) in [5, 5.41) is 8.43. The molecule has 0 aliphatic heterocycles. The lowest BCUT2D eigenvalue weighted by Gasteiger charge is -2.08. The summed E-state index contributed by atoms with van der Waals surface area (Å²) in [6, 6.07) is 15.4. The van der Waals surface area contributed by atoms with E-state index in [-0.39, 0.29) is 5.84 Å². The quantitative estimate of drug-likeness (QED) is 0.298. The second-order valence-corrected chi connectivity index (χ2v) is 6.90. The third-order valence-corrected chi connectivity index (χ3v) is 4.51. The second-order valence-electron chi connectivity index (χ2n) is 6.90. The smallest absolute Gasteiger partial charge is 0.238 e. The fourth-order valence-corrected chi connectivity index (χ4v) is 2.97. The molecule has 0 aliphatic rings. The van der Waals surface area contributed by atoms with E-state index in [0.717, 1.165) is 17.0 Å². The van der Waals surface area contributed by atoms with Gasteiger partial charge in [-0.15, -0.1) is 0 Å². The molecule has 0 saturated carbocycles. The van der Waals surface area contributed by atoms with Crippen LogP contribution in [-0.4, -0.2) is 25.6 Å². The van der Waals surface area contributed by atoms with Gasteiger partial charge in [-0.3, -0.25) is 0 Å². The maximum atomic E-state index is 6.05. The van der Waals surface area contributed by atoms with E-state index in [1.165, 1.54) is 0 Å². The van der Waals surface area contributed by atoms with Crippen molar-refractivity contribution < 1.29 is 9.25 Å². The molecule has 152 valence electrons. The minimum Gasteiger partial charge on any atom is -0.437 e. The lowest BCUT2D eigenvalue weighted by molar-refractivity contribution is 0.0528. The zero-order valence-corrected chi connectivity index (χ0v) is 17.0. The van der Waals surface area contributed by atoms with Crippen LogP contribution in [0.3, 0.4) is 0 Å². The summed E-state index contributed by atoms with van der Waals surface area (Å²) in [4.78, 5) is 14.2. The Morgan fingerprint density at radius 2 is 1.90 bits per heavy atom. The number of nitrogens with zero attached hydrogens (tertiary/aromatic N) is 5. The molecular formula is C22H22N6O2. The van der Waals surface area contributed by atoms with Crippen molar-refractivity contribution in [1.82, 2.24) is 19.7 Å². The Labute approximate surface area is 174 Å². The van der Waals surface area contributed by atoms with Crippen LogP contribution >= 0.6 is 0 Å². The minimum atomic E-state index is -0.497. The third kappa shape index (κ3) is 4.07. The molecule has 0 aliphatic carbocycles. The van der Waals surface area contributed by atoms with Crippen molar-refractivity contribution in [3.63, 3.8) is 0 Å². The number of rotatable bonds is 6. The molecule has 0 amide bonds. The molecule has 0 radical (unpaired) electrons. The number of hydrogen-bond acceptors (Lipinski definition) is 6. The number of amidine groups is 1. The normalized spacial score (nSPS) is 12.7. The molecule has 1 aromatic carbocycles. The largest absolute Gasteiger partial charge is 0.437 e. The molecule has 3 heterocycles. The van der Waals surface area contributed by atoms with Gasteiger partial charge in [0.2, 0.25) is 5.89 Å². The maximum Gasteiger partial charge on any atom is 0.238 e. The zero-order valence-electron chi connectivity index (χ0n) is 17.0. The molecule has 2 N–H and O–H groups in total. The summed E-state index contributed by atoms with van der Waals surface area (Å²) in [5.41, 5.74) is 9.58. The van der Waals surface area contributed by atoms with Crippen LogP contribution in [0.15, 0.2) is 70.5 Å². The fraction of sp³-hybridized carbons (Fsp3) is 0.182. The SMILES string of the molecule is Cc1cc(C)n(-c2ccc(/C(N)=N/O[C@@H](C)c3ncc(-c4ccccc4)o3)cn2)n1. The van der Waals surface area contributed by atoms with E-state index in [0.29, 0.717) is 23.0 Å². The van der Waals surface area contributed by atoms with Crippen molar-refractivity contribution in [1.29, 1.82) is 0 Å². The molecular weight excluding hydrogens is 380 g/mol. The predicted molar refractivity (Wildman–Crippen MR) is 113 cm³/mol. The summed E-state index contributed by atoms with van der Waals surface area (Å²) in [6.45, 7) is 5.71. The zero-order chi connectivity index (χ0) is 21.1. The topological polar surface area (TPSA) is 104 Å². The molecule has 0 unspecified atom stereocenters. The van der Waals surface area contributed by atoms with Gasteiger partial charge >= 0.3 is 0 Å². The Balaban J connectivity index is 1.44. The molecule has 0 spiro atoms. The van der Waals surface area contributed by atoms with E-state index < -0.39 is 6.10 Å². The molecule has 0 bridgehead atoms. The van der Waals surface area contributed by atoms with E-state index in [1.54, 1.807) is 24.0 Å². The summed E-state index contributed by atoms with van der Waals surface area (Å²) < 4.78 is 7.55.